The Morgan fingerprint density at radius 1 is 1.17 bits per heavy atom. The minimum absolute atomic E-state index is 0.0494. The Bertz CT molecular complexity index is 1070. The molecule has 1 aliphatic heterocycles. The van der Waals surface area contributed by atoms with Crippen LogP contribution in [0.5, 0.6) is 0 Å². The fraction of sp³-hybridized carbons (Fsp3) is 0.278. The van der Waals surface area contributed by atoms with Gasteiger partial charge in [-0.05, 0) is 42.4 Å². The Hall–Kier alpha value is -2.92. The van der Waals surface area contributed by atoms with Gasteiger partial charge in [0.2, 0.25) is 15.9 Å². The zero-order valence-electron chi connectivity index (χ0n) is 15.7. The third kappa shape index (κ3) is 5.78. The maximum atomic E-state index is 12.1. The van der Waals surface area contributed by atoms with Gasteiger partial charge in [-0.1, -0.05) is 6.07 Å². The molecule has 0 spiro atoms. The summed E-state index contributed by atoms with van der Waals surface area (Å²) in [4.78, 5) is 5.99. The molecule has 3 aromatic rings. The first-order valence-electron chi connectivity index (χ1n) is 8.51. The topological polar surface area (TPSA) is 101 Å². The number of aromatic nitrogens is 3. The van der Waals surface area contributed by atoms with E-state index in [0.717, 1.165) is 19.3 Å². The lowest BCUT2D eigenvalue weighted by Gasteiger charge is -2.05. The van der Waals surface area contributed by atoms with Gasteiger partial charge in [0, 0.05) is 31.2 Å². The highest BCUT2D eigenvalue weighted by Gasteiger charge is 2.17. The monoisotopic (exact) mass is 423 g/mol. The highest BCUT2D eigenvalue weighted by atomic mass is 32.2. The molecule has 0 bridgehead atoms. The molecule has 0 atom stereocenters. The number of hydrogen-bond donors (Lipinski definition) is 1. The van der Waals surface area contributed by atoms with Crippen LogP contribution in [-0.2, 0) is 23.1 Å². The normalized spacial score (nSPS) is 13.7. The smallest absolute Gasteiger partial charge is 0.314 e. The van der Waals surface area contributed by atoms with Gasteiger partial charge in [0.1, 0.15) is 0 Å². The van der Waals surface area contributed by atoms with E-state index < -0.39 is 22.3 Å². The van der Waals surface area contributed by atoms with E-state index in [1.54, 1.807) is 24.4 Å². The third-order valence-corrected chi connectivity index (χ3v) is 4.53. The van der Waals surface area contributed by atoms with Gasteiger partial charge in [-0.3, -0.25) is 14.6 Å². The highest BCUT2D eigenvalue weighted by molar-refractivity contribution is 7.92. The van der Waals surface area contributed by atoms with Gasteiger partial charge in [0.25, 0.3) is 5.89 Å². The van der Waals surface area contributed by atoms with E-state index in [4.69, 9.17) is 4.42 Å². The fourth-order valence-corrected chi connectivity index (χ4v) is 3.33. The van der Waals surface area contributed by atoms with E-state index in [1.165, 1.54) is 17.3 Å². The van der Waals surface area contributed by atoms with Gasteiger partial charge >= 0.3 is 6.43 Å². The lowest BCUT2D eigenvalue weighted by Crippen LogP contribution is -2.09. The van der Waals surface area contributed by atoms with Crippen LogP contribution >= 0.6 is 0 Å². The van der Waals surface area contributed by atoms with Crippen LogP contribution < -0.4 is 4.72 Å². The third-order valence-electron chi connectivity index (χ3n) is 3.93. The number of sulfonamides is 1. The summed E-state index contributed by atoms with van der Waals surface area (Å²) in [6.45, 7) is 1.82. The molecule has 3 heterocycles. The molecule has 1 aromatic carbocycles. The molecule has 1 aliphatic rings. The lowest BCUT2D eigenvalue weighted by molar-refractivity contribution is 0.116. The Morgan fingerprint density at radius 3 is 2.55 bits per heavy atom. The zero-order chi connectivity index (χ0) is 21.0. The maximum absolute atomic E-state index is 12.1. The van der Waals surface area contributed by atoms with Gasteiger partial charge in [0.15, 0.2) is 0 Å². The summed E-state index contributed by atoms with van der Waals surface area (Å²) in [5.74, 6) is -0.628. The van der Waals surface area contributed by atoms with E-state index in [2.05, 4.69) is 24.8 Å². The molecule has 0 radical (unpaired) electrons. The summed E-state index contributed by atoms with van der Waals surface area (Å²) in [6, 6.07) is 8.99. The number of fused-ring (bicyclic) bond motifs is 1. The molecule has 4 rings (SSSR count). The number of nitrogens with zero attached hydrogens (tertiary/aromatic N) is 4. The summed E-state index contributed by atoms with van der Waals surface area (Å²) in [5.41, 5.74) is 3.64. The maximum Gasteiger partial charge on any atom is 0.314 e. The number of nitrogens with one attached hydrogen (secondary N) is 1. The van der Waals surface area contributed by atoms with Crippen LogP contribution in [0.3, 0.4) is 0 Å². The van der Waals surface area contributed by atoms with Crippen LogP contribution in [0.25, 0.3) is 11.5 Å². The minimum Gasteiger partial charge on any atom is -0.415 e. The SMILES string of the molecule is CN1Cc2ccc(NS(C)(=O)=O)cc2C1.FC(F)c1nnc(-c2cccnc2)o1. The van der Waals surface area contributed by atoms with Crippen molar-refractivity contribution in [2.24, 2.45) is 0 Å². The molecular formula is C18H19F2N5O3S. The minimum atomic E-state index is -3.17. The molecule has 0 aliphatic carbocycles. The van der Waals surface area contributed by atoms with Crippen molar-refractivity contribution in [2.75, 3.05) is 18.0 Å². The first-order chi connectivity index (χ1) is 13.7. The summed E-state index contributed by atoms with van der Waals surface area (Å²) < 4.78 is 53.5. The van der Waals surface area contributed by atoms with E-state index in [1.807, 2.05) is 19.2 Å². The van der Waals surface area contributed by atoms with E-state index in [-0.39, 0.29) is 5.89 Å². The molecule has 1 N–H and O–H groups in total. The van der Waals surface area contributed by atoms with Crippen molar-refractivity contribution in [1.82, 2.24) is 20.1 Å². The van der Waals surface area contributed by atoms with E-state index >= 15 is 0 Å². The molecule has 11 heteroatoms. The second-order valence-electron chi connectivity index (χ2n) is 6.52. The van der Waals surface area contributed by atoms with Gasteiger partial charge in [-0.2, -0.15) is 8.78 Å². The van der Waals surface area contributed by atoms with Crippen molar-refractivity contribution >= 4 is 15.7 Å². The number of pyridine rings is 1. The van der Waals surface area contributed by atoms with Crippen molar-refractivity contribution in [3.63, 3.8) is 0 Å². The Kier molecular flexibility index (Phi) is 6.18. The summed E-state index contributed by atoms with van der Waals surface area (Å²) in [7, 11) is -1.13. The summed E-state index contributed by atoms with van der Waals surface area (Å²) in [6.07, 6.45) is 1.44. The highest BCUT2D eigenvalue weighted by Crippen LogP contribution is 2.25. The Morgan fingerprint density at radius 2 is 1.93 bits per heavy atom. The van der Waals surface area contributed by atoms with Crippen LogP contribution in [0.15, 0.2) is 47.1 Å². The predicted octanol–water partition coefficient (Wildman–Crippen LogP) is 3.07. The van der Waals surface area contributed by atoms with Crippen molar-refractivity contribution in [3.05, 3.63) is 59.7 Å². The first kappa shape index (κ1) is 20.8. The number of halogens is 2. The quantitative estimate of drug-likeness (QED) is 0.688. The molecule has 0 amide bonds. The van der Waals surface area contributed by atoms with Crippen LogP contribution in [0, 0.1) is 0 Å². The van der Waals surface area contributed by atoms with E-state index in [0.29, 0.717) is 11.3 Å². The van der Waals surface area contributed by atoms with Crippen LogP contribution in [0.2, 0.25) is 0 Å². The number of alkyl halides is 2. The van der Waals surface area contributed by atoms with Crippen LogP contribution in [0.1, 0.15) is 23.4 Å². The largest absolute Gasteiger partial charge is 0.415 e. The van der Waals surface area contributed by atoms with E-state index in [9.17, 15) is 17.2 Å². The number of benzene rings is 1. The number of rotatable bonds is 4. The molecule has 2 aromatic heterocycles. The van der Waals surface area contributed by atoms with Crippen LogP contribution in [-0.4, -0.2) is 41.8 Å². The first-order valence-corrected chi connectivity index (χ1v) is 10.4. The molecule has 29 heavy (non-hydrogen) atoms. The second kappa shape index (κ2) is 8.62. The molecule has 8 nitrogen and oxygen atoms in total. The number of anilines is 1. The Labute approximate surface area is 166 Å². The molecule has 0 unspecified atom stereocenters. The molecule has 0 saturated heterocycles. The molecule has 0 fully saturated rings. The lowest BCUT2D eigenvalue weighted by atomic mass is 10.1. The standard InChI is InChI=1S/C10H14N2O2S.C8H5F2N3O/c1-12-6-8-3-4-10(5-9(8)7-12)11-15(2,13)14;9-6(10)8-13-12-7(14-8)5-2-1-3-11-4-5/h3-5,11H,6-7H2,1-2H3;1-4,6H. The average molecular weight is 423 g/mol. The number of hydrogen-bond acceptors (Lipinski definition) is 7. The van der Waals surface area contributed by atoms with Gasteiger partial charge in [0.05, 0.1) is 11.8 Å². The summed E-state index contributed by atoms with van der Waals surface area (Å²) >= 11 is 0. The van der Waals surface area contributed by atoms with Crippen molar-refractivity contribution in [3.8, 4) is 11.5 Å². The van der Waals surface area contributed by atoms with Crippen molar-refractivity contribution < 1.29 is 21.6 Å². The summed E-state index contributed by atoms with van der Waals surface area (Å²) in [5, 5.41) is 6.67. The predicted molar refractivity (Wildman–Crippen MR) is 103 cm³/mol. The molecular weight excluding hydrogens is 404 g/mol. The molecule has 154 valence electrons. The van der Waals surface area contributed by atoms with Crippen molar-refractivity contribution in [1.29, 1.82) is 0 Å². The fourth-order valence-electron chi connectivity index (χ4n) is 2.77. The zero-order valence-corrected chi connectivity index (χ0v) is 16.5. The van der Waals surface area contributed by atoms with Gasteiger partial charge in [-0.25, -0.2) is 8.42 Å². The van der Waals surface area contributed by atoms with Crippen molar-refractivity contribution in [2.45, 2.75) is 19.5 Å². The van der Waals surface area contributed by atoms with Gasteiger partial charge in [-0.15, -0.1) is 10.2 Å². The van der Waals surface area contributed by atoms with Gasteiger partial charge < -0.3 is 4.42 Å². The van der Waals surface area contributed by atoms with Crippen LogP contribution in [0.4, 0.5) is 14.5 Å². The average Bonchev–Trinajstić information content (AvgIpc) is 3.27. The molecule has 0 saturated carbocycles. The second-order valence-corrected chi connectivity index (χ2v) is 8.27. The Balaban J connectivity index is 0.000000166.